The summed E-state index contributed by atoms with van der Waals surface area (Å²) in [4.78, 5) is 0. The van der Waals surface area contributed by atoms with Gasteiger partial charge < -0.3 is 10.6 Å². The Labute approximate surface area is 84.5 Å². The highest BCUT2D eigenvalue weighted by molar-refractivity contribution is 9.10. The lowest BCUT2D eigenvalue weighted by Crippen LogP contribution is -2.33. The molecule has 4 heteroatoms. The summed E-state index contributed by atoms with van der Waals surface area (Å²) in [6, 6.07) is 6.04. The zero-order valence-corrected chi connectivity index (χ0v) is 8.63. The van der Waals surface area contributed by atoms with Crippen molar-refractivity contribution in [2.24, 2.45) is 0 Å². The van der Waals surface area contributed by atoms with E-state index in [1.54, 1.807) is 0 Å². The minimum absolute atomic E-state index is 0.695. The van der Waals surface area contributed by atoms with Crippen LogP contribution >= 0.6 is 28.1 Å². The summed E-state index contributed by atoms with van der Waals surface area (Å²) in [6.07, 6.45) is 0. The summed E-state index contributed by atoms with van der Waals surface area (Å²) in [6.45, 7) is 0.794. The highest BCUT2D eigenvalue weighted by Crippen LogP contribution is 2.26. The Morgan fingerprint density at radius 2 is 2.25 bits per heavy atom. The predicted molar refractivity (Wildman–Crippen MR) is 57.2 cm³/mol. The first-order chi connectivity index (χ1) is 5.77. The number of halogens is 1. The molecule has 0 atom stereocenters. The lowest BCUT2D eigenvalue weighted by Gasteiger charge is -2.21. The maximum absolute atomic E-state index is 4.99. The molecule has 1 aliphatic heterocycles. The van der Waals surface area contributed by atoms with Crippen LogP contribution in [0.1, 0.15) is 5.56 Å². The van der Waals surface area contributed by atoms with Gasteiger partial charge in [-0.05, 0) is 24.4 Å². The number of hydrogen-bond donors (Lipinski definition) is 2. The second kappa shape index (κ2) is 3.03. The molecule has 0 aromatic heterocycles. The SMILES string of the molecule is S=C1NCc2c(Br)cccc2N1. The van der Waals surface area contributed by atoms with Crippen molar-refractivity contribution in [3.8, 4) is 0 Å². The third kappa shape index (κ3) is 1.32. The Bertz CT molecular complexity index is 338. The maximum Gasteiger partial charge on any atom is 0.171 e. The van der Waals surface area contributed by atoms with Crippen molar-refractivity contribution in [3.63, 3.8) is 0 Å². The quantitative estimate of drug-likeness (QED) is 0.683. The van der Waals surface area contributed by atoms with Crippen LogP contribution in [0.25, 0.3) is 0 Å². The highest BCUT2D eigenvalue weighted by Gasteiger charge is 2.12. The van der Waals surface area contributed by atoms with Gasteiger partial charge in [0.15, 0.2) is 5.11 Å². The lowest BCUT2D eigenvalue weighted by atomic mass is 10.1. The van der Waals surface area contributed by atoms with E-state index in [9.17, 15) is 0 Å². The van der Waals surface area contributed by atoms with Gasteiger partial charge >= 0.3 is 0 Å². The average molecular weight is 243 g/mol. The van der Waals surface area contributed by atoms with E-state index in [0.29, 0.717) is 5.11 Å². The Morgan fingerprint density at radius 1 is 1.42 bits per heavy atom. The molecule has 1 heterocycles. The molecule has 1 aromatic carbocycles. The molecule has 2 N–H and O–H groups in total. The summed E-state index contributed by atoms with van der Waals surface area (Å²) >= 11 is 8.47. The summed E-state index contributed by atoms with van der Waals surface area (Å²) in [7, 11) is 0. The van der Waals surface area contributed by atoms with Gasteiger partial charge in [0, 0.05) is 22.3 Å². The van der Waals surface area contributed by atoms with Crippen LogP contribution in [0.3, 0.4) is 0 Å². The normalized spacial score (nSPS) is 14.6. The second-order valence-electron chi connectivity index (χ2n) is 2.57. The van der Waals surface area contributed by atoms with Gasteiger partial charge in [0.05, 0.1) is 0 Å². The first-order valence-corrected chi connectivity index (χ1v) is 4.80. The molecule has 0 aliphatic carbocycles. The number of rotatable bonds is 0. The van der Waals surface area contributed by atoms with Gasteiger partial charge in [0.25, 0.3) is 0 Å². The fourth-order valence-corrected chi connectivity index (χ4v) is 1.88. The standard InChI is InChI=1S/C8H7BrN2S/c9-6-2-1-3-7-5(6)4-10-8(12)11-7/h1-3H,4H2,(H2,10,11,12). The van der Waals surface area contributed by atoms with Crippen LogP contribution in [-0.2, 0) is 6.54 Å². The number of nitrogens with one attached hydrogen (secondary N) is 2. The molecule has 0 amide bonds. The van der Waals surface area contributed by atoms with E-state index in [1.807, 2.05) is 18.2 Å². The van der Waals surface area contributed by atoms with Crippen molar-refractivity contribution in [1.82, 2.24) is 5.32 Å². The van der Waals surface area contributed by atoms with Crippen LogP contribution in [0.5, 0.6) is 0 Å². The van der Waals surface area contributed by atoms with Gasteiger partial charge in [0.1, 0.15) is 0 Å². The third-order valence-electron chi connectivity index (χ3n) is 1.79. The van der Waals surface area contributed by atoms with Crippen LogP contribution in [0.4, 0.5) is 5.69 Å². The Kier molecular flexibility index (Phi) is 2.02. The van der Waals surface area contributed by atoms with Crippen molar-refractivity contribution in [3.05, 3.63) is 28.2 Å². The molecule has 0 spiro atoms. The number of thiocarbonyl (C=S) groups is 1. The van der Waals surface area contributed by atoms with E-state index in [-0.39, 0.29) is 0 Å². The largest absolute Gasteiger partial charge is 0.358 e. The van der Waals surface area contributed by atoms with Crippen LogP contribution < -0.4 is 10.6 Å². The first kappa shape index (κ1) is 8.01. The lowest BCUT2D eigenvalue weighted by molar-refractivity contribution is 0.903. The minimum Gasteiger partial charge on any atom is -0.358 e. The highest BCUT2D eigenvalue weighted by atomic mass is 79.9. The Morgan fingerprint density at radius 3 is 3.08 bits per heavy atom. The summed E-state index contributed by atoms with van der Waals surface area (Å²) in [5, 5.41) is 6.86. The van der Waals surface area contributed by atoms with Gasteiger partial charge in [-0.1, -0.05) is 22.0 Å². The number of fused-ring (bicyclic) bond motifs is 1. The predicted octanol–water partition coefficient (Wildman–Crippen LogP) is 2.25. The molecule has 2 rings (SSSR count). The third-order valence-corrected chi connectivity index (χ3v) is 2.78. The molecule has 0 saturated carbocycles. The van der Waals surface area contributed by atoms with E-state index in [2.05, 4.69) is 26.6 Å². The Balaban J connectivity index is 2.48. The molecule has 0 unspecified atom stereocenters. The molecule has 1 aliphatic rings. The summed E-state index contributed by atoms with van der Waals surface area (Å²) in [5.74, 6) is 0. The van der Waals surface area contributed by atoms with E-state index in [1.165, 1.54) is 5.56 Å². The second-order valence-corrected chi connectivity index (χ2v) is 3.84. The van der Waals surface area contributed by atoms with Crippen molar-refractivity contribution >= 4 is 38.9 Å². The maximum atomic E-state index is 4.99. The van der Waals surface area contributed by atoms with E-state index in [4.69, 9.17) is 12.2 Å². The fourth-order valence-electron chi connectivity index (χ4n) is 1.19. The zero-order chi connectivity index (χ0) is 8.55. The van der Waals surface area contributed by atoms with Crippen LogP contribution in [-0.4, -0.2) is 5.11 Å². The first-order valence-electron chi connectivity index (χ1n) is 3.59. The number of benzene rings is 1. The van der Waals surface area contributed by atoms with Crippen molar-refractivity contribution in [2.45, 2.75) is 6.54 Å². The molecule has 2 nitrogen and oxygen atoms in total. The van der Waals surface area contributed by atoms with Gasteiger partial charge in [-0.2, -0.15) is 0 Å². The average Bonchev–Trinajstić information content (AvgIpc) is 2.04. The molecule has 0 radical (unpaired) electrons. The number of hydrogen-bond acceptors (Lipinski definition) is 1. The monoisotopic (exact) mass is 242 g/mol. The molecule has 1 aromatic rings. The van der Waals surface area contributed by atoms with E-state index in [0.717, 1.165) is 16.7 Å². The van der Waals surface area contributed by atoms with Gasteiger partial charge in [-0.3, -0.25) is 0 Å². The minimum atomic E-state index is 0.695. The van der Waals surface area contributed by atoms with Crippen molar-refractivity contribution in [2.75, 3.05) is 5.32 Å². The molecular weight excluding hydrogens is 236 g/mol. The van der Waals surface area contributed by atoms with Crippen LogP contribution in [0.15, 0.2) is 22.7 Å². The number of anilines is 1. The van der Waals surface area contributed by atoms with Crippen molar-refractivity contribution in [1.29, 1.82) is 0 Å². The van der Waals surface area contributed by atoms with Crippen LogP contribution in [0, 0.1) is 0 Å². The van der Waals surface area contributed by atoms with Gasteiger partial charge in [0.2, 0.25) is 0 Å². The fraction of sp³-hybridized carbons (Fsp3) is 0.125. The Hall–Kier alpha value is -0.610. The van der Waals surface area contributed by atoms with E-state index >= 15 is 0 Å². The van der Waals surface area contributed by atoms with Gasteiger partial charge in [-0.15, -0.1) is 0 Å². The molecule has 12 heavy (non-hydrogen) atoms. The molecule has 62 valence electrons. The molecule has 0 bridgehead atoms. The van der Waals surface area contributed by atoms with E-state index < -0.39 is 0 Å². The van der Waals surface area contributed by atoms with Crippen molar-refractivity contribution < 1.29 is 0 Å². The molecule has 0 saturated heterocycles. The molecular formula is C8H7BrN2S. The molecule has 0 fully saturated rings. The topological polar surface area (TPSA) is 24.1 Å². The van der Waals surface area contributed by atoms with Crippen LogP contribution in [0.2, 0.25) is 0 Å². The smallest absolute Gasteiger partial charge is 0.171 e. The summed E-state index contributed by atoms with van der Waals surface area (Å²) < 4.78 is 1.11. The summed E-state index contributed by atoms with van der Waals surface area (Å²) in [5.41, 5.74) is 2.32. The van der Waals surface area contributed by atoms with Gasteiger partial charge in [-0.25, -0.2) is 0 Å². The zero-order valence-electron chi connectivity index (χ0n) is 6.23.